The van der Waals surface area contributed by atoms with E-state index in [9.17, 15) is 4.79 Å². The second-order valence-corrected chi connectivity index (χ2v) is 3.27. The summed E-state index contributed by atoms with van der Waals surface area (Å²) in [6.45, 7) is 2.57. The smallest absolute Gasteiger partial charge is 0.285 e. The van der Waals surface area contributed by atoms with Gasteiger partial charge >= 0.3 is 5.69 Å². The van der Waals surface area contributed by atoms with Crippen LogP contribution in [-0.2, 0) is 13.6 Å². The molecule has 1 aromatic heterocycles. The van der Waals surface area contributed by atoms with E-state index in [1.807, 2.05) is 6.92 Å². The molecule has 0 bridgehead atoms. The first-order valence-corrected chi connectivity index (χ1v) is 4.33. The van der Waals surface area contributed by atoms with E-state index in [0.717, 1.165) is 0 Å². The maximum Gasteiger partial charge on any atom is 0.345 e. The molecular weight excluding hydrogens is 178 g/mol. The van der Waals surface area contributed by atoms with E-state index in [2.05, 4.69) is 5.10 Å². The Labute approximate surface area is 75.8 Å². The Hall–Kier alpha value is -0.770. The number of rotatable bonds is 3. The normalized spacial score (nSPS) is 13.2. The highest BCUT2D eigenvalue weighted by molar-refractivity contribution is 6.18. The van der Waals surface area contributed by atoms with E-state index in [1.165, 1.54) is 15.6 Å². The number of hydrogen-bond acceptors (Lipinski definition) is 2. The van der Waals surface area contributed by atoms with E-state index in [4.69, 9.17) is 11.6 Å². The fourth-order valence-corrected chi connectivity index (χ4v) is 0.987. The first kappa shape index (κ1) is 9.32. The van der Waals surface area contributed by atoms with Crippen molar-refractivity contribution in [3.8, 4) is 0 Å². The van der Waals surface area contributed by atoms with Crippen molar-refractivity contribution in [1.82, 2.24) is 14.3 Å². The summed E-state index contributed by atoms with van der Waals surface area (Å²) >= 11 is 5.61. The van der Waals surface area contributed by atoms with Crippen molar-refractivity contribution in [2.24, 2.45) is 13.0 Å². The van der Waals surface area contributed by atoms with Crippen LogP contribution in [0.15, 0.2) is 11.1 Å². The number of aromatic nitrogens is 3. The third kappa shape index (κ3) is 1.88. The first-order valence-electron chi connectivity index (χ1n) is 3.79. The summed E-state index contributed by atoms with van der Waals surface area (Å²) in [5.41, 5.74) is -0.0908. The average Bonchev–Trinajstić information content (AvgIpc) is 2.36. The Morgan fingerprint density at radius 2 is 2.42 bits per heavy atom. The lowest BCUT2D eigenvalue weighted by Crippen LogP contribution is -2.25. The lowest BCUT2D eigenvalue weighted by molar-refractivity contribution is 0.471. The summed E-state index contributed by atoms with van der Waals surface area (Å²) in [4.78, 5) is 11.2. The topological polar surface area (TPSA) is 39.8 Å². The second kappa shape index (κ2) is 3.76. The van der Waals surface area contributed by atoms with Crippen LogP contribution in [0.5, 0.6) is 0 Å². The third-order valence-corrected chi connectivity index (χ3v) is 2.16. The van der Waals surface area contributed by atoms with Crippen molar-refractivity contribution in [2.75, 3.05) is 5.88 Å². The van der Waals surface area contributed by atoms with Gasteiger partial charge in [-0.15, -0.1) is 11.6 Å². The molecule has 1 aromatic rings. The third-order valence-electron chi connectivity index (χ3n) is 1.63. The Morgan fingerprint density at radius 3 is 2.83 bits per heavy atom. The molecule has 0 amide bonds. The Morgan fingerprint density at radius 1 is 1.75 bits per heavy atom. The molecule has 4 nitrogen and oxygen atoms in total. The van der Waals surface area contributed by atoms with Crippen LogP contribution in [0.1, 0.15) is 6.92 Å². The molecule has 0 N–H and O–H groups in total. The summed E-state index contributed by atoms with van der Waals surface area (Å²) < 4.78 is 2.87. The summed E-state index contributed by atoms with van der Waals surface area (Å²) in [5, 5.41) is 3.91. The molecule has 5 heteroatoms. The maximum atomic E-state index is 11.2. The molecular formula is C7H12ClN3O. The summed E-state index contributed by atoms with van der Waals surface area (Å²) in [5.74, 6) is 0.822. The molecule has 1 atom stereocenters. The standard InChI is InChI=1S/C7H12ClN3O/c1-6(3-8)4-11-7(12)10(2)5-9-11/h5-6H,3-4H2,1-2H3. The van der Waals surface area contributed by atoms with Crippen LogP contribution in [0, 0.1) is 5.92 Å². The van der Waals surface area contributed by atoms with Crippen molar-refractivity contribution >= 4 is 11.6 Å². The number of nitrogens with zero attached hydrogens (tertiary/aromatic N) is 3. The predicted octanol–water partition coefficient (Wildman–Crippen LogP) is 0.457. The van der Waals surface area contributed by atoms with E-state index < -0.39 is 0 Å². The van der Waals surface area contributed by atoms with E-state index >= 15 is 0 Å². The molecule has 12 heavy (non-hydrogen) atoms. The minimum Gasteiger partial charge on any atom is -0.285 e. The van der Waals surface area contributed by atoms with Gasteiger partial charge in [0.15, 0.2) is 0 Å². The van der Waals surface area contributed by atoms with Crippen LogP contribution < -0.4 is 5.69 Å². The van der Waals surface area contributed by atoms with Gasteiger partial charge in [0.2, 0.25) is 0 Å². The lowest BCUT2D eigenvalue weighted by Gasteiger charge is -2.04. The minimum atomic E-state index is -0.0908. The molecule has 1 unspecified atom stereocenters. The zero-order chi connectivity index (χ0) is 9.14. The minimum absolute atomic E-state index is 0.0908. The second-order valence-electron chi connectivity index (χ2n) is 2.97. The van der Waals surface area contributed by atoms with Gasteiger partial charge in [-0.1, -0.05) is 6.92 Å². The zero-order valence-corrected chi connectivity index (χ0v) is 7.95. The maximum absolute atomic E-state index is 11.2. The molecule has 0 fully saturated rings. The molecule has 0 aliphatic carbocycles. The van der Waals surface area contributed by atoms with Gasteiger partial charge in [-0.3, -0.25) is 4.57 Å². The molecule has 0 saturated carbocycles. The van der Waals surface area contributed by atoms with Gasteiger partial charge in [0, 0.05) is 12.9 Å². The number of hydrogen-bond donors (Lipinski definition) is 0. The Balaban J connectivity index is 2.76. The van der Waals surface area contributed by atoms with Crippen LogP contribution in [0.3, 0.4) is 0 Å². The van der Waals surface area contributed by atoms with E-state index in [0.29, 0.717) is 12.4 Å². The fraction of sp³-hybridized carbons (Fsp3) is 0.714. The van der Waals surface area contributed by atoms with Crippen molar-refractivity contribution in [3.05, 3.63) is 16.8 Å². The van der Waals surface area contributed by atoms with Crippen molar-refractivity contribution in [1.29, 1.82) is 0 Å². The molecule has 0 spiro atoms. The average molecular weight is 190 g/mol. The lowest BCUT2D eigenvalue weighted by atomic mass is 10.2. The summed E-state index contributed by atoms with van der Waals surface area (Å²) in [7, 11) is 1.68. The van der Waals surface area contributed by atoms with Crippen LogP contribution in [-0.4, -0.2) is 20.2 Å². The SMILES string of the molecule is CC(CCl)Cn1ncn(C)c1=O. The molecule has 0 aliphatic rings. The fourth-order valence-electron chi connectivity index (χ4n) is 0.890. The van der Waals surface area contributed by atoms with E-state index in [1.54, 1.807) is 7.05 Å². The highest BCUT2D eigenvalue weighted by Crippen LogP contribution is 1.98. The number of aryl methyl sites for hydroxylation is 1. The van der Waals surface area contributed by atoms with Gasteiger partial charge in [-0.05, 0) is 5.92 Å². The van der Waals surface area contributed by atoms with Gasteiger partial charge in [0.25, 0.3) is 0 Å². The van der Waals surface area contributed by atoms with Gasteiger partial charge in [-0.25, -0.2) is 9.48 Å². The Bertz CT molecular complexity index is 304. The first-order chi connectivity index (χ1) is 5.65. The van der Waals surface area contributed by atoms with Gasteiger partial charge in [-0.2, -0.15) is 5.10 Å². The molecule has 0 aromatic carbocycles. The molecule has 1 heterocycles. The molecule has 0 radical (unpaired) electrons. The molecule has 1 rings (SSSR count). The molecule has 68 valence electrons. The number of alkyl halides is 1. The van der Waals surface area contributed by atoms with Crippen LogP contribution >= 0.6 is 11.6 Å². The van der Waals surface area contributed by atoms with Crippen LogP contribution in [0.25, 0.3) is 0 Å². The summed E-state index contributed by atoms with van der Waals surface area (Å²) in [6.07, 6.45) is 1.50. The monoisotopic (exact) mass is 189 g/mol. The van der Waals surface area contributed by atoms with Gasteiger partial charge < -0.3 is 0 Å². The highest BCUT2D eigenvalue weighted by atomic mass is 35.5. The number of halogens is 1. The van der Waals surface area contributed by atoms with Crippen molar-refractivity contribution < 1.29 is 0 Å². The van der Waals surface area contributed by atoms with Gasteiger partial charge in [0.05, 0.1) is 6.54 Å². The predicted molar refractivity (Wildman–Crippen MR) is 47.4 cm³/mol. The Kier molecular flexibility index (Phi) is 2.92. The van der Waals surface area contributed by atoms with Gasteiger partial charge in [0.1, 0.15) is 6.33 Å². The summed E-state index contributed by atoms with van der Waals surface area (Å²) in [6, 6.07) is 0. The quantitative estimate of drug-likeness (QED) is 0.648. The van der Waals surface area contributed by atoms with Crippen LogP contribution in [0.4, 0.5) is 0 Å². The zero-order valence-electron chi connectivity index (χ0n) is 7.20. The van der Waals surface area contributed by atoms with Crippen molar-refractivity contribution in [3.63, 3.8) is 0 Å². The molecule has 0 saturated heterocycles. The molecule has 0 aliphatic heterocycles. The van der Waals surface area contributed by atoms with E-state index in [-0.39, 0.29) is 11.6 Å². The van der Waals surface area contributed by atoms with Crippen LogP contribution in [0.2, 0.25) is 0 Å². The largest absolute Gasteiger partial charge is 0.345 e. The van der Waals surface area contributed by atoms with Crippen molar-refractivity contribution in [2.45, 2.75) is 13.5 Å². The highest BCUT2D eigenvalue weighted by Gasteiger charge is 2.05.